The van der Waals surface area contributed by atoms with Gasteiger partial charge in [-0.25, -0.2) is 0 Å². The second-order valence-electron chi connectivity index (χ2n) is 3.97. The van der Waals surface area contributed by atoms with Crippen LogP contribution in [0.5, 0.6) is 0 Å². The van der Waals surface area contributed by atoms with E-state index in [-0.39, 0.29) is 0 Å². The number of anilines is 1. The number of nitrogens with two attached hydrogens (primary N) is 1. The summed E-state index contributed by atoms with van der Waals surface area (Å²) in [5.74, 6) is 1.08. The molecule has 18 heavy (non-hydrogen) atoms. The quantitative estimate of drug-likeness (QED) is 0.803. The standard InChI is InChI=1S/C12H20N4.C2H6/c1-5-8(2)10(6-14-4)9(3)11-7-15-16-12(11)13;1-2/h6-8H,5H2,1-4H3,(H3,13,15,16);1-2H3/b10-9-,14-6?;. The van der Waals surface area contributed by atoms with Crippen LogP contribution in [0.1, 0.15) is 46.6 Å². The van der Waals surface area contributed by atoms with Crippen LogP contribution in [0.15, 0.2) is 16.8 Å². The van der Waals surface area contributed by atoms with Gasteiger partial charge >= 0.3 is 0 Å². The van der Waals surface area contributed by atoms with E-state index in [0.717, 1.165) is 17.6 Å². The van der Waals surface area contributed by atoms with Crippen LogP contribution in [0.2, 0.25) is 0 Å². The molecule has 102 valence electrons. The Kier molecular flexibility index (Phi) is 7.76. The molecule has 1 aromatic heterocycles. The summed E-state index contributed by atoms with van der Waals surface area (Å²) in [5, 5.41) is 6.69. The van der Waals surface area contributed by atoms with Crippen molar-refractivity contribution in [3.8, 4) is 0 Å². The predicted octanol–water partition coefficient (Wildman–Crippen LogP) is 3.54. The third-order valence-corrected chi connectivity index (χ3v) is 2.92. The van der Waals surface area contributed by atoms with Gasteiger partial charge in [0.25, 0.3) is 0 Å². The van der Waals surface area contributed by atoms with Crippen molar-refractivity contribution in [1.29, 1.82) is 0 Å². The molecule has 0 aliphatic carbocycles. The first kappa shape index (κ1) is 16.4. The smallest absolute Gasteiger partial charge is 0.126 e. The third kappa shape index (κ3) is 4.02. The number of nitrogen functional groups attached to an aromatic ring is 1. The lowest BCUT2D eigenvalue weighted by Crippen LogP contribution is -2.03. The lowest BCUT2D eigenvalue weighted by Gasteiger charge is -2.13. The van der Waals surface area contributed by atoms with Gasteiger partial charge in [-0.15, -0.1) is 0 Å². The van der Waals surface area contributed by atoms with E-state index in [1.54, 1.807) is 13.2 Å². The summed E-state index contributed by atoms with van der Waals surface area (Å²) in [6.07, 6.45) is 4.75. The van der Waals surface area contributed by atoms with Crippen molar-refractivity contribution in [2.45, 2.75) is 41.0 Å². The maximum Gasteiger partial charge on any atom is 0.126 e. The Bertz CT molecular complexity index is 402. The van der Waals surface area contributed by atoms with Gasteiger partial charge in [0.05, 0.1) is 6.20 Å². The van der Waals surface area contributed by atoms with Gasteiger partial charge in [-0.3, -0.25) is 10.1 Å². The number of nitrogens with zero attached hydrogens (tertiary/aromatic N) is 2. The fourth-order valence-corrected chi connectivity index (χ4v) is 1.70. The van der Waals surface area contributed by atoms with Gasteiger partial charge in [0, 0.05) is 18.8 Å². The van der Waals surface area contributed by atoms with E-state index in [2.05, 4.69) is 36.0 Å². The van der Waals surface area contributed by atoms with Crippen LogP contribution in [0, 0.1) is 5.92 Å². The summed E-state index contributed by atoms with van der Waals surface area (Å²) in [5.41, 5.74) is 9.15. The molecular formula is C14H26N4. The molecule has 0 radical (unpaired) electrons. The van der Waals surface area contributed by atoms with Crippen LogP contribution in [-0.4, -0.2) is 23.5 Å². The lowest BCUT2D eigenvalue weighted by atomic mass is 9.92. The van der Waals surface area contributed by atoms with Crippen LogP contribution in [-0.2, 0) is 0 Å². The Morgan fingerprint density at radius 3 is 2.56 bits per heavy atom. The molecule has 0 aromatic carbocycles. The molecule has 3 N–H and O–H groups in total. The molecule has 0 amide bonds. The topological polar surface area (TPSA) is 67.1 Å². The Morgan fingerprint density at radius 2 is 2.17 bits per heavy atom. The summed E-state index contributed by atoms with van der Waals surface area (Å²) < 4.78 is 0. The van der Waals surface area contributed by atoms with Gasteiger partial charge in [0.15, 0.2) is 0 Å². The highest BCUT2D eigenvalue weighted by Gasteiger charge is 2.12. The molecule has 1 atom stereocenters. The van der Waals surface area contributed by atoms with Gasteiger partial charge in [0.1, 0.15) is 5.82 Å². The number of H-pyrrole nitrogens is 1. The summed E-state index contributed by atoms with van der Waals surface area (Å²) in [6, 6.07) is 0. The van der Waals surface area contributed by atoms with Crippen molar-refractivity contribution in [3.05, 3.63) is 17.3 Å². The van der Waals surface area contributed by atoms with E-state index < -0.39 is 0 Å². The first-order chi connectivity index (χ1) is 8.61. The van der Waals surface area contributed by atoms with Crippen molar-refractivity contribution in [2.75, 3.05) is 12.8 Å². The number of allylic oxidation sites excluding steroid dienone is 2. The number of hydrogen-bond donors (Lipinski definition) is 2. The molecule has 1 heterocycles. The highest BCUT2D eigenvalue weighted by Crippen LogP contribution is 2.26. The van der Waals surface area contributed by atoms with Crippen molar-refractivity contribution in [3.63, 3.8) is 0 Å². The molecule has 0 aliphatic rings. The molecule has 0 bridgehead atoms. The fraction of sp³-hybridized carbons (Fsp3) is 0.571. The highest BCUT2D eigenvalue weighted by atomic mass is 15.1. The molecule has 0 aliphatic heterocycles. The maximum atomic E-state index is 5.82. The predicted molar refractivity (Wildman–Crippen MR) is 80.8 cm³/mol. The number of hydrogen-bond acceptors (Lipinski definition) is 3. The van der Waals surface area contributed by atoms with Crippen molar-refractivity contribution >= 4 is 17.6 Å². The van der Waals surface area contributed by atoms with Crippen LogP contribution in [0.3, 0.4) is 0 Å². The molecule has 1 rings (SSSR count). The van der Waals surface area contributed by atoms with Crippen molar-refractivity contribution < 1.29 is 0 Å². The number of nitrogens with one attached hydrogen (secondary N) is 1. The first-order valence-electron chi connectivity index (χ1n) is 6.53. The van der Waals surface area contributed by atoms with E-state index >= 15 is 0 Å². The molecule has 0 saturated heterocycles. The zero-order valence-electron chi connectivity index (χ0n) is 12.4. The molecular weight excluding hydrogens is 224 g/mol. The van der Waals surface area contributed by atoms with E-state index in [9.17, 15) is 0 Å². The number of aromatic amines is 1. The highest BCUT2D eigenvalue weighted by molar-refractivity contribution is 5.92. The van der Waals surface area contributed by atoms with Gasteiger partial charge in [-0.05, 0) is 30.4 Å². The van der Waals surface area contributed by atoms with Gasteiger partial charge in [0.2, 0.25) is 0 Å². The summed E-state index contributed by atoms with van der Waals surface area (Å²) >= 11 is 0. The van der Waals surface area contributed by atoms with Gasteiger partial charge in [-0.2, -0.15) is 5.10 Å². The van der Waals surface area contributed by atoms with Crippen molar-refractivity contribution in [1.82, 2.24) is 10.2 Å². The minimum atomic E-state index is 0.470. The van der Waals surface area contributed by atoms with Crippen LogP contribution in [0.4, 0.5) is 5.82 Å². The Labute approximate surface area is 110 Å². The second kappa shape index (κ2) is 8.50. The van der Waals surface area contributed by atoms with E-state index in [0.29, 0.717) is 11.7 Å². The minimum Gasteiger partial charge on any atom is -0.384 e. The zero-order valence-corrected chi connectivity index (χ0v) is 12.4. The monoisotopic (exact) mass is 250 g/mol. The summed E-state index contributed by atoms with van der Waals surface area (Å²) in [4.78, 5) is 4.11. The maximum absolute atomic E-state index is 5.82. The van der Waals surface area contributed by atoms with E-state index in [1.807, 2.05) is 20.1 Å². The fourth-order valence-electron chi connectivity index (χ4n) is 1.70. The molecule has 1 aromatic rings. The average Bonchev–Trinajstić information content (AvgIpc) is 2.83. The molecule has 0 fully saturated rings. The van der Waals surface area contributed by atoms with Crippen LogP contribution in [0.25, 0.3) is 5.57 Å². The Balaban J connectivity index is 0.00000137. The number of aromatic nitrogens is 2. The van der Waals surface area contributed by atoms with Gasteiger partial charge in [-0.1, -0.05) is 27.7 Å². The summed E-state index contributed by atoms with van der Waals surface area (Å²) in [7, 11) is 1.79. The minimum absolute atomic E-state index is 0.470. The first-order valence-corrected chi connectivity index (χ1v) is 6.53. The van der Waals surface area contributed by atoms with E-state index in [4.69, 9.17) is 5.73 Å². The van der Waals surface area contributed by atoms with Crippen LogP contribution < -0.4 is 5.73 Å². The lowest BCUT2D eigenvalue weighted by molar-refractivity contribution is 0.681. The largest absolute Gasteiger partial charge is 0.384 e. The Morgan fingerprint density at radius 1 is 1.56 bits per heavy atom. The summed E-state index contributed by atoms with van der Waals surface area (Å²) in [6.45, 7) is 10.4. The second-order valence-corrected chi connectivity index (χ2v) is 3.97. The van der Waals surface area contributed by atoms with E-state index in [1.165, 1.54) is 5.57 Å². The zero-order chi connectivity index (χ0) is 14.1. The number of aliphatic imine (C=N–C) groups is 1. The SMILES string of the molecule is CC.CCC(C)/C(C=NC)=C(/C)c1cn[nH]c1N. The van der Waals surface area contributed by atoms with Crippen molar-refractivity contribution in [2.24, 2.45) is 10.9 Å². The number of rotatable bonds is 4. The molecule has 4 nitrogen and oxygen atoms in total. The van der Waals surface area contributed by atoms with Gasteiger partial charge < -0.3 is 5.73 Å². The molecule has 0 saturated carbocycles. The average molecular weight is 250 g/mol. The molecule has 1 unspecified atom stereocenters. The third-order valence-electron chi connectivity index (χ3n) is 2.92. The molecule has 0 spiro atoms. The van der Waals surface area contributed by atoms with Crippen LogP contribution >= 0.6 is 0 Å². The Hall–Kier alpha value is -1.58. The normalized spacial score (nSPS) is 13.9. The molecule has 4 heteroatoms.